The highest BCUT2D eigenvalue weighted by atomic mass is 32.1. The number of hydrogen-bond acceptors (Lipinski definition) is 2. The van der Waals surface area contributed by atoms with Crippen molar-refractivity contribution >= 4 is 23.4 Å². The summed E-state index contributed by atoms with van der Waals surface area (Å²) >= 11 is 4.45. The monoisotopic (exact) mass is 206 g/mol. The zero-order valence-electron chi connectivity index (χ0n) is 6.30. The van der Waals surface area contributed by atoms with E-state index in [4.69, 9.17) is 0 Å². The number of rotatable bonds is 2. The van der Waals surface area contributed by atoms with Crippen LogP contribution in [0.1, 0.15) is 5.69 Å². The maximum atomic E-state index is 12.0. The smallest absolute Gasteiger partial charge is 0.351 e. The summed E-state index contributed by atoms with van der Waals surface area (Å²) in [6.45, 7) is 0. The number of pyridine rings is 1. The summed E-state index contributed by atoms with van der Waals surface area (Å²) in [4.78, 5) is 3.21. The van der Waals surface area contributed by atoms with Crippen LogP contribution in [0, 0.1) is 0 Å². The van der Waals surface area contributed by atoms with E-state index in [2.05, 4.69) is 22.5 Å². The van der Waals surface area contributed by atoms with Gasteiger partial charge in [0, 0.05) is 0 Å². The summed E-state index contributed by atoms with van der Waals surface area (Å²) in [6.07, 6.45) is -3.32. The maximum Gasteiger partial charge on any atom is 0.433 e. The third-order valence-corrected chi connectivity index (χ3v) is 1.40. The highest BCUT2D eigenvalue weighted by Crippen LogP contribution is 2.27. The fourth-order valence-electron chi connectivity index (χ4n) is 0.715. The summed E-state index contributed by atoms with van der Waals surface area (Å²) in [5, 5.41) is 2.55. The van der Waals surface area contributed by atoms with Crippen molar-refractivity contribution in [2.75, 3.05) is 5.32 Å². The predicted octanol–water partition coefficient (Wildman–Crippen LogP) is 2.47. The Bertz CT molecular complexity index is 294. The molecule has 70 valence electrons. The van der Waals surface area contributed by atoms with Crippen molar-refractivity contribution in [2.24, 2.45) is 0 Å². The quantitative estimate of drug-likeness (QED) is 0.752. The molecule has 1 aromatic heterocycles. The number of alkyl halides is 3. The summed E-state index contributed by atoms with van der Waals surface area (Å²) in [5.74, 6) is 0. The van der Waals surface area contributed by atoms with Gasteiger partial charge in [0.25, 0.3) is 0 Å². The Kier molecular flexibility index (Phi) is 2.82. The lowest BCUT2D eigenvalue weighted by Gasteiger charge is -2.05. The molecule has 0 atom stereocenters. The first-order chi connectivity index (χ1) is 6.04. The molecule has 0 unspecified atom stereocenters. The molecule has 0 bridgehead atoms. The first-order valence-corrected chi connectivity index (χ1v) is 3.74. The normalized spacial score (nSPS) is 11.0. The van der Waals surface area contributed by atoms with Crippen LogP contribution in [0.4, 0.5) is 18.9 Å². The van der Waals surface area contributed by atoms with Crippen molar-refractivity contribution in [1.29, 1.82) is 0 Å². The number of halogens is 3. The van der Waals surface area contributed by atoms with Gasteiger partial charge in [-0.3, -0.25) is 0 Å². The Balaban J connectivity index is 2.87. The topological polar surface area (TPSA) is 24.9 Å². The highest BCUT2D eigenvalue weighted by molar-refractivity contribution is 7.79. The lowest BCUT2D eigenvalue weighted by atomic mass is 10.3. The second-order valence-corrected chi connectivity index (χ2v) is 2.43. The van der Waals surface area contributed by atoms with Crippen LogP contribution in [0.15, 0.2) is 18.3 Å². The molecule has 0 aromatic carbocycles. The number of nitrogens with one attached hydrogen (secondary N) is 1. The first-order valence-electron chi connectivity index (χ1n) is 3.27. The van der Waals surface area contributed by atoms with Crippen LogP contribution in [-0.4, -0.2) is 10.5 Å². The molecule has 0 saturated carbocycles. The van der Waals surface area contributed by atoms with Gasteiger partial charge in [-0.15, -0.1) is 0 Å². The van der Waals surface area contributed by atoms with Gasteiger partial charge < -0.3 is 5.32 Å². The van der Waals surface area contributed by atoms with E-state index in [0.29, 0.717) is 5.69 Å². The summed E-state index contributed by atoms with van der Waals surface area (Å²) in [7, 11) is 0. The maximum absolute atomic E-state index is 12.0. The molecule has 0 spiro atoms. The summed E-state index contributed by atoms with van der Waals surface area (Å²) in [6, 6.07) is 2.15. The van der Waals surface area contributed by atoms with Crippen molar-refractivity contribution in [3.8, 4) is 0 Å². The van der Waals surface area contributed by atoms with Crippen LogP contribution in [0.25, 0.3) is 0 Å². The van der Waals surface area contributed by atoms with Gasteiger partial charge in [-0.1, -0.05) is 12.2 Å². The Hall–Kier alpha value is -1.17. The molecule has 0 aliphatic carbocycles. The molecule has 13 heavy (non-hydrogen) atoms. The van der Waals surface area contributed by atoms with Gasteiger partial charge in [-0.25, -0.2) is 4.98 Å². The number of anilines is 1. The second kappa shape index (κ2) is 3.69. The van der Waals surface area contributed by atoms with E-state index in [0.717, 1.165) is 12.3 Å². The van der Waals surface area contributed by atoms with E-state index in [1.54, 1.807) is 0 Å². The van der Waals surface area contributed by atoms with Gasteiger partial charge in [0.1, 0.15) is 5.69 Å². The molecule has 0 amide bonds. The molecule has 0 saturated heterocycles. The minimum Gasteiger partial charge on any atom is -0.351 e. The molecule has 0 fully saturated rings. The molecular formula is C7H5F3N2S. The Labute approximate surface area is 77.8 Å². The van der Waals surface area contributed by atoms with Crippen LogP contribution >= 0.6 is 12.2 Å². The zero-order chi connectivity index (χ0) is 9.90. The molecule has 1 rings (SSSR count). The minimum absolute atomic E-state index is 0.433. The van der Waals surface area contributed by atoms with Crippen LogP contribution in [-0.2, 0) is 6.18 Å². The Morgan fingerprint density at radius 2 is 2.08 bits per heavy atom. The van der Waals surface area contributed by atoms with E-state index in [-0.39, 0.29) is 0 Å². The number of thiocarbonyl (C=S) groups is 1. The largest absolute Gasteiger partial charge is 0.433 e. The predicted molar refractivity (Wildman–Crippen MR) is 46.5 cm³/mol. The van der Waals surface area contributed by atoms with Crippen LogP contribution < -0.4 is 5.32 Å². The Morgan fingerprint density at radius 3 is 2.46 bits per heavy atom. The molecular weight excluding hydrogens is 201 g/mol. The van der Waals surface area contributed by atoms with Gasteiger partial charge >= 0.3 is 6.18 Å². The minimum atomic E-state index is -4.39. The van der Waals surface area contributed by atoms with Gasteiger partial charge in [0.05, 0.1) is 17.4 Å². The van der Waals surface area contributed by atoms with Gasteiger partial charge in [-0.2, -0.15) is 13.2 Å². The lowest BCUT2D eigenvalue weighted by molar-refractivity contribution is -0.141. The Morgan fingerprint density at radius 1 is 1.38 bits per heavy atom. The molecule has 0 radical (unpaired) electrons. The molecule has 1 heterocycles. The van der Waals surface area contributed by atoms with E-state index in [9.17, 15) is 13.2 Å². The first kappa shape index (κ1) is 9.91. The van der Waals surface area contributed by atoms with Crippen molar-refractivity contribution in [1.82, 2.24) is 4.98 Å². The molecule has 2 nitrogen and oxygen atoms in total. The highest BCUT2D eigenvalue weighted by Gasteiger charge is 2.31. The van der Waals surface area contributed by atoms with Crippen LogP contribution in [0.3, 0.4) is 0 Å². The molecule has 1 N–H and O–H groups in total. The van der Waals surface area contributed by atoms with Crippen molar-refractivity contribution < 1.29 is 13.2 Å². The molecule has 6 heteroatoms. The van der Waals surface area contributed by atoms with E-state index < -0.39 is 11.9 Å². The third kappa shape index (κ3) is 2.66. The lowest BCUT2D eigenvalue weighted by Crippen LogP contribution is -2.07. The molecule has 0 aliphatic heterocycles. The fourth-order valence-corrected chi connectivity index (χ4v) is 0.851. The molecule has 1 aromatic rings. The fraction of sp³-hybridized carbons (Fsp3) is 0.143. The standard InChI is InChI=1S/C7H5F3N2S/c8-7(9,10)6-2-1-5(3-11-6)12-4-13/h1-4H,(H,12,13). The number of aromatic nitrogens is 1. The SMILES string of the molecule is FC(F)(F)c1ccc(NC=S)cn1. The van der Waals surface area contributed by atoms with Crippen molar-refractivity contribution in [2.45, 2.75) is 6.18 Å². The van der Waals surface area contributed by atoms with Gasteiger partial charge in [0.15, 0.2) is 0 Å². The second-order valence-electron chi connectivity index (χ2n) is 2.19. The average molecular weight is 206 g/mol. The third-order valence-electron chi connectivity index (χ3n) is 1.28. The average Bonchev–Trinajstić information content (AvgIpc) is 2.04. The number of hydrogen-bond donors (Lipinski definition) is 1. The zero-order valence-corrected chi connectivity index (χ0v) is 7.12. The summed E-state index contributed by atoms with van der Waals surface area (Å²) < 4.78 is 36.0. The van der Waals surface area contributed by atoms with E-state index >= 15 is 0 Å². The van der Waals surface area contributed by atoms with Crippen LogP contribution in [0.2, 0.25) is 0 Å². The molecule has 0 aliphatic rings. The van der Waals surface area contributed by atoms with Crippen molar-refractivity contribution in [3.05, 3.63) is 24.0 Å². The summed E-state index contributed by atoms with van der Waals surface area (Å²) in [5.41, 5.74) is 0.718. The van der Waals surface area contributed by atoms with Crippen LogP contribution in [0.5, 0.6) is 0 Å². The van der Waals surface area contributed by atoms with Gasteiger partial charge in [-0.05, 0) is 12.1 Å². The van der Waals surface area contributed by atoms with Crippen molar-refractivity contribution in [3.63, 3.8) is 0 Å². The van der Waals surface area contributed by atoms with Gasteiger partial charge in [0.2, 0.25) is 0 Å². The van der Waals surface area contributed by atoms with E-state index in [1.807, 2.05) is 0 Å². The number of nitrogens with zero attached hydrogens (tertiary/aromatic N) is 1. The van der Waals surface area contributed by atoms with E-state index in [1.165, 1.54) is 11.6 Å².